The van der Waals surface area contributed by atoms with Crippen LogP contribution in [0, 0.1) is 0 Å². The van der Waals surface area contributed by atoms with Gasteiger partial charge in [-0.05, 0) is 47.5 Å². The molecule has 0 aliphatic heterocycles. The molecule has 0 unspecified atom stereocenters. The molecule has 10 aromatic rings. The predicted molar refractivity (Wildman–Crippen MR) is 209 cm³/mol. The molecule has 5 heteroatoms. The van der Waals surface area contributed by atoms with E-state index in [0.717, 1.165) is 27.8 Å². The van der Waals surface area contributed by atoms with E-state index in [0.29, 0.717) is 17.5 Å². The highest BCUT2D eigenvalue weighted by Crippen LogP contribution is 2.42. The van der Waals surface area contributed by atoms with Gasteiger partial charge in [-0.15, -0.1) is 11.3 Å². The van der Waals surface area contributed by atoms with Crippen LogP contribution in [0.4, 0.5) is 0 Å². The molecule has 0 N–H and O–H groups in total. The maximum absolute atomic E-state index is 5.10. The second kappa shape index (κ2) is 11.6. The zero-order chi connectivity index (χ0) is 33.0. The zero-order valence-corrected chi connectivity index (χ0v) is 27.7. The molecule has 234 valence electrons. The van der Waals surface area contributed by atoms with Crippen molar-refractivity contribution in [1.82, 2.24) is 19.5 Å². The summed E-state index contributed by atoms with van der Waals surface area (Å²) in [5.41, 5.74) is 8.74. The monoisotopic (exact) mass is 656 g/mol. The van der Waals surface area contributed by atoms with Gasteiger partial charge in [-0.3, -0.25) is 0 Å². The van der Waals surface area contributed by atoms with Crippen LogP contribution in [0.2, 0.25) is 0 Å². The number of rotatable bonds is 5. The first kappa shape index (κ1) is 28.6. The highest BCUT2D eigenvalue weighted by atomic mass is 32.1. The van der Waals surface area contributed by atoms with Gasteiger partial charge in [0.15, 0.2) is 17.5 Å². The first-order valence-electron chi connectivity index (χ1n) is 16.7. The van der Waals surface area contributed by atoms with E-state index in [-0.39, 0.29) is 0 Å². The smallest absolute Gasteiger partial charge is 0.164 e. The molecule has 4 nitrogen and oxygen atoms in total. The summed E-state index contributed by atoms with van der Waals surface area (Å²) >= 11 is 1.81. The molecule has 0 aliphatic rings. The van der Waals surface area contributed by atoms with Gasteiger partial charge in [0.1, 0.15) is 0 Å². The van der Waals surface area contributed by atoms with Crippen molar-refractivity contribution in [2.24, 2.45) is 0 Å². The highest BCUT2D eigenvalue weighted by molar-refractivity contribution is 7.26. The van der Waals surface area contributed by atoms with Crippen LogP contribution in [0.25, 0.3) is 93.0 Å². The highest BCUT2D eigenvalue weighted by Gasteiger charge is 2.18. The molecule has 3 heterocycles. The zero-order valence-electron chi connectivity index (χ0n) is 26.9. The molecule has 10 rings (SSSR count). The quantitative estimate of drug-likeness (QED) is 0.185. The van der Waals surface area contributed by atoms with Crippen LogP contribution in [-0.4, -0.2) is 19.5 Å². The molecule has 0 saturated carbocycles. The molecule has 7 aromatic carbocycles. The summed E-state index contributed by atoms with van der Waals surface area (Å²) in [4.78, 5) is 15.1. The minimum atomic E-state index is 0.650. The minimum Gasteiger partial charge on any atom is -0.309 e. The SMILES string of the molecule is c1ccc(-c2cccc(-c3nc(-c4ccccc4)nc(-c4ccc5c(c4)sc4cccc(-n6c7ccccc7c7ccccc76)c45)n3)c2)cc1. The summed E-state index contributed by atoms with van der Waals surface area (Å²) in [6.45, 7) is 0. The van der Waals surface area contributed by atoms with Gasteiger partial charge in [0, 0.05) is 47.6 Å². The van der Waals surface area contributed by atoms with Crippen LogP contribution in [0.1, 0.15) is 0 Å². The van der Waals surface area contributed by atoms with Crippen LogP contribution in [0.5, 0.6) is 0 Å². The van der Waals surface area contributed by atoms with Crippen molar-refractivity contribution in [2.45, 2.75) is 0 Å². The summed E-state index contributed by atoms with van der Waals surface area (Å²) in [6.07, 6.45) is 0. The third kappa shape index (κ3) is 4.71. The Hall–Kier alpha value is -6.43. The lowest BCUT2D eigenvalue weighted by atomic mass is 10.0. The van der Waals surface area contributed by atoms with Gasteiger partial charge in [0.2, 0.25) is 0 Å². The fourth-order valence-electron chi connectivity index (χ4n) is 7.13. The topological polar surface area (TPSA) is 43.6 Å². The summed E-state index contributed by atoms with van der Waals surface area (Å²) in [5, 5.41) is 5.00. The van der Waals surface area contributed by atoms with Crippen molar-refractivity contribution in [1.29, 1.82) is 0 Å². The van der Waals surface area contributed by atoms with Crippen molar-refractivity contribution in [3.8, 4) is 51.0 Å². The van der Waals surface area contributed by atoms with Crippen LogP contribution in [0.15, 0.2) is 170 Å². The van der Waals surface area contributed by atoms with Crippen molar-refractivity contribution >= 4 is 53.3 Å². The second-order valence-electron chi connectivity index (χ2n) is 12.5. The summed E-state index contributed by atoms with van der Waals surface area (Å²) in [5.74, 6) is 1.96. The maximum Gasteiger partial charge on any atom is 0.164 e. The third-order valence-electron chi connectivity index (χ3n) is 9.45. The van der Waals surface area contributed by atoms with Gasteiger partial charge in [-0.1, -0.05) is 133 Å². The lowest BCUT2D eigenvalue weighted by Gasteiger charge is -2.11. The Kier molecular flexibility index (Phi) is 6.64. The van der Waals surface area contributed by atoms with E-state index in [1.54, 1.807) is 0 Å². The number of hydrogen-bond acceptors (Lipinski definition) is 4. The maximum atomic E-state index is 5.10. The fraction of sp³-hybridized carbons (Fsp3) is 0. The van der Waals surface area contributed by atoms with Crippen LogP contribution < -0.4 is 0 Å². The second-order valence-corrected chi connectivity index (χ2v) is 13.5. The summed E-state index contributed by atoms with van der Waals surface area (Å²) in [6, 6.07) is 59.7. The predicted octanol–water partition coefficient (Wildman–Crippen LogP) is 12.0. The van der Waals surface area contributed by atoms with E-state index < -0.39 is 0 Å². The van der Waals surface area contributed by atoms with Gasteiger partial charge >= 0.3 is 0 Å². The number of benzene rings is 7. The average Bonchev–Trinajstić information content (AvgIpc) is 3.74. The summed E-state index contributed by atoms with van der Waals surface area (Å²) in [7, 11) is 0. The number of thiophene rings is 1. The van der Waals surface area contributed by atoms with Gasteiger partial charge in [-0.25, -0.2) is 15.0 Å². The third-order valence-corrected chi connectivity index (χ3v) is 10.6. The van der Waals surface area contributed by atoms with E-state index in [1.165, 1.54) is 47.7 Å². The van der Waals surface area contributed by atoms with Gasteiger partial charge in [-0.2, -0.15) is 0 Å². The average molecular weight is 657 g/mol. The lowest BCUT2D eigenvalue weighted by molar-refractivity contribution is 1.07. The van der Waals surface area contributed by atoms with Gasteiger partial charge in [0.05, 0.1) is 16.7 Å². The Balaban J connectivity index is 1.15. The lowest BCUT2D eigenvalue weighted by Crippen LogP contribution is -2.00. The Morgan fingerprint density at radius 2 is 0.900 bits per heavy atom. The number of para-hydroxylation sites is 2. The van der Waals surface area contributed by atoms with Crippen molar-refractivity contribution in [3.05, 3.63) is 170 Å². The molecule has 0 aliphatic carbocycles. The van der Waals surface area contributed by atoms with E-state index in [1.807, 2.05) is 35.6 Å². The van der Waals surface area contributed by atoms with E-state index in [4.69, 9.17) is 15.0 Å². The molecule has 0 amide bonds. The molecule has 0 atom stereocenters. The molecule has 0 bridgehead atoms. The molecule has 0 saturated heterocycles. The normalized spacial score (nSPS) is 11.6. The largest absolute Gasteiger partial charge is 0.309 e. The summed E-state index contributed by atoms with van der Waals surface area (Å²) < 4.78 is 4.86. The van der Waals surface area contributed by atoms with Crippen LogP contribution in [0.3, 0.4) is 0 Å². The molecular weight excluding hydrogens is 629 g/mol. The Morgan fingerprint density at radius 1 is 0.360 bits per heavy atom. The van der Waals surface area contributed by atoms with E-state index >= 15 is 0 Å². The van der Waals surface area contributed by atoms with Crippen LogP contribution >= 0.6 is 11.3 Å². The van der Waals surface area contributed by atoms with Crippen molar-refractivity contribution in [3.63, 3.8) is 0 Å². The Bertz CT molecular complexity index is 2820. The van der Waals surface area contributed by atoms with Gasteiger partial charge < -0.3 is 4.57 Å². The number of fused-ring (bicyclic) bond motifs is 6. The number of nitrogens with zero attached hydrogens (tertiary/aromatic N) is 4. The van der Waals surface area contributed by atoms with E-state index in [2.05, 4.69) is 150 Å². The first-order chi connectivity index (χ1) is 24.8. The Labute approximate surface area is 292 Å². The molecule has 0 radical (unpaired) electrons. The number of aromatic nitrogens is 4. The molecular formula is C45H28N4S. The standard InChI is InChI=1S/C45H28N4S/c1-3-13-29(14-4-1)31-17-11-18-32(27-31)44-46-43(30-15-5-2-6-16-30)47-45(48-44)33-25-26-36-41(28-33)50-40-24-12-23-39(42(36)40)49-37-21-9-7-19-34(37)35-20-8-10-22-38(35)49/h1-28H. The minimum absolute atomic E-state index is 0.650. The van der Waals surface area contributed by atoms with Crippen molar-refractivity contribution in [2.75, 3.05) is 0 Å². The fourth-order valence-corrected chi connectivity index (χ4v) is 8.30. The molecule has 50 heavy (non-hydrogen) atoms. The molecule has 3 aromatic heterocycles. The molecule has 0 fully saturated rings. The van der Waals surface area contributed by atoms with Crippen LogP contribution in [-0.2, 0) is 0 Å². The number of hydrogen-bond donors (Lipinski definition) is 0. The Morgan fingerprint density at radius 3 is 1.60 bits per heavy atom. The first-order valence-corrected chi connectivity index (χ1v) is 17.5. The molecule has 0 spiro atoms. The van der Waals surface area contributed by atoms with E-state index in [9.17, 15) is 0 Å². The van der Waals surface area contributed by atoms with Gasteiger partial charge in [0.25, 0.3) is 0 Å². The van der Waals surface area contributed by atoms with Crippen molar-refractivity contribution < 1.29 is 0 Å².